The summed E-state index contributed by atoms with van der Waals surface area (Å²) >= 11 is 1.34. The fourth-order valence-corrected chi connectivity index (χ4v) is 4.87. The van der Waals surface area contributed by atoms with Gasteiger partial charge >= 0.3 is 0 Å². The van der Waals surface area contributed by atoms with Crippen LogP contribution in [0.5, 0.6) is 11.5 Å². The number of phenolic OH excluding ortho intramolecular Hbond substituents is 1. The van der Waals surface area contributed by atoms with E-state index in [9.17, 15) is 19.5 Å². The third-order valence-corrected chi connectivity index (χ3v) is 7.25. The zero-order valence-electron chi connectivity index (χ0n) is 23.4. The fraction of sp³-hybridized carbons (Fsp3) is 0.121. The lowest BCUT2D eigenvalue weighted by molar-refractivity contribution is -0.114. The van der Waals surface area contributed by atoms with E-state index in [4.69, 9.17) is 4.74 Å². The Hall–Kier alpha value is -5.02. The van der Waals surface area contributed by atoms with E-state index in [1.807, 2.05) is 38.1 Å². The molecule has 4 aromatic carbocycles. The van der Waals surface area contributed by atoms with E-state index in [1.54, 1.807) is 54.6 Å². The second-order valence-corrected chi connectivity index (χ2v) is 10.4. The van der Waals surface area contributed by atoms with Gasteiger partial charge in [0.1, 0.15) is 17.2 Å². The zero-order valence-corrected chi connectivity index (χ0v) is 24.2. The first-order chi connectivity index (χ1) is 20.2. The molecule has 214 valence electrons. The van der Waals surface area contributed by atoms with Crippen LogP contribution in [0.15, 0.2) is 102 Å². The van der Waals surface area contributed by atoms with Gasteiger partial charge in [-0.2, -0.15) is 0 Å². The van der Waals surface area contributed by atoms with Gasteiger partial charge in [0.25, 0.3) is 11.8 Å². The molecule has 8 nitrogen and oxygen atoms in total. The van der Waals surface area contributed by atoms with Crippen molar-refractivity contribution < 1.29 is 24.2 Å². The number of para-hydroxylation sites is 1. The topological polar surface area (TPSA) is 117 Å². The summed E-state index contributed by atoms with van der Waals surface area (Å²) in [6, 6.07) is 25.9. The van der Waals surface area contributed by atoms with Gasteiger partial charge in [-0.05, 0) is 73.5 Å². The summed E-state index contributed by atoms with van der Waals surface area (Å²) in [5.74, 6) is -0.654. The molecule has 4 aromatic rings. The van der Waals surface area contributed by atoms with E-state index >= 15 is 0 Å². The first-order valence-electron chi connectivity index (χ1n) is 13.1. The second-order valence-electron chi connectivity index (χ2n) is 9.39. The zero-order chi connectivity index (χ0) is 30.1. The molecule has 0 aliphatic rings. The first-order valence-corrected chi connectivity index (χ1v) is 14.1. The molecular formula is C33H31N3O5S. The SMILES string of the molecule is COc1cc(O)ccc1/C=C(/NC(=O)c1ccccc1)C(=O)Nc1cccc(SCC(=O)Nc2c(C)cccc2C)c1. The minimum Gasteiger partial charge on any atom is -0.508 e. The number of aromatic hydroxyl groups is 1. The third kappa shape index (κ3) is 8.02. The molecule has 4 rings (SSSR count). The lowest BCUT2D eigenvalue weighted by atomic mass is 10.1. The summed E-state index contributed by atoms with van der Waals surface area (Å²) in [6.07, 6.45) is 1.48. The molecule has 0 saturated carbocycles. The Kier molecular flexibility index (Phi) is 10.0. The Morgan fingerprint density at radius 3 is 2.29 bits per heavy atom. The molecule has 0 unspecified atom stereocenters. The van der Waals surface area contributed by atoms with Gasteiger partial charge in [-0.15, -0.1) is 11.8 Å². The van der Waals surface area contributed by atoms with E-state index in [-0.39, 0.29) is 23.1 Å². The Labute approximate surface area is 248 Å². The number of methoxy groups -OCH3 is 1. The minimum absolute atomic E-state index is 0.000330. The number of anilines is 2. The van der Waals surface area contributed by atoms with Gasteiger partial charge < -0.3 is 25.8 Å². The summed E-state index contributed by atoms with van der Waals surface area (Å²) < 4.78 is 5.34. The maximum absolute atomic E-state index is 13.4. The molecule has 0 heterocycles. The molecule has 0 radical (unpaired) electrons. The summed E-state index contributed by atoms with van der Waals surface area (Å²) in [7, 11) is 1.44. The molecule has 0 aliphatic heterocycles. The van der Waals surface area contributed by atoms with Crippen molar-refractivity contribution in [2.75, 3.05) is 23.5 Å². The number of amides is 3. The van der Waals surface area contributed by atoms with E-state index in [2.05, 4.69) is 16.0 Å². The molecule has 0 spiro atoms. The third-order valence-electron chi connectivity index (χ3n) is 6.25. The smallest absolute Gasteiger partial charge is 0.272 e. The second kappa shape index (κ2) is 14.0. The van der Waals surface area contributed by atoms with E-state index in [1.165, 1.54) is 37.1 Å². The van der Waals surface area contributed by atoms with Crippen LogP contribution in [0.1, 0.15) is 27.0 Å². The standard InChI is InChI=1S/C33H31N3O5S/c1-21-9-7-10-22(2)31(21)36-30(38)20-42-27-14-8-13-25(18-27)34-33(40)28(35-32(39)23-11-5-4-6-12-23)17-24-15-16-26(37)19-29(24)41-3/h4-19,37H,20H2,1-3H3,(H,34,40)(H,35,39)(H,36,38)/b28-17+. The maximum Gasteiger partial charge on any atom is 0.272 e. The van der Waals surface area contributed by atoms with Gasteiger partial charge in [0.15, 0.2) is 0 Å². The lowest BCUT2D eigenvalue weighted by Crippen LogP contribution is -2.30. The van der Waals surface area contributed by atoms with Crippen LogP contribution in [-0.2, 0) is 9.59 Å². The number of phenols is 1. The van der Waals surface area contributed by atoms with Gasteiger partial charge in [0.05, 0.1) is 12.9 Å². The monoisotopic (exact) mass is 581 g/mol. The highest BCUT2D eigenvalue weighted by atomic mass is 32.2. The van der Waals surface area contributed by atoms with E-state index in [0.29, 0.717) is 22.6 Å². The largest absolute Gasteiger partial charge is 0.508 e. The van der Waals surface area contributed by atoms with Crippen molar-refractivity contribution in [2.24, 2.45) is 0 Å². The quantitative estimate of drug-likeness (QED) is 0.132. The molecule has 0 saturated heterocycles. The number of aryl methyl sites for hydroxylation is 2. The number of carbonyl (C=O) groups excluding carboxylic acids is 3. The van der Waals surface area contributed by atoms with Crippen LogP contribution >= 0.6 is 11.8 Å². The number of thioether (sulfide) groups is 1. The number of hydrogen-bond donors (Lipinski definition) is 4. The van der Waals surface area contributed by atoms with E-state index < -0.39 is 11.8 Å². The molecule has 42 heavy (non-hydrogen) atoms. The van der Waals surface area contributed by atoms with Crippen LogP contribution in [0, 0.1) is 13.8 Å². The highest BCUT2D eigenvalue weighted by Gasteiger charge is 2.17. The lowest BCUT2D eigenvalue weighted by Gasteiger charge is -2.13. The Balaban J connectivity index is 1.50. The Morgan fingerprint density at radius 2 is 1.57 bits per heavy atom. The maximum atomic E-state index is 13.4. The van der Waals surface area contributed by atoms with Crippen LogP contribution < -0.4 is 20.7 Å². The average molecular weight is 582 g/mol. The number of benzene rings is 4. The summed E-state index contributed by atoms with van der Waals surface area (Å²) in [6.45, 7) is 3.90. The normalized spacial score (nSPS) is 11.0. The Bertz CT molecular complexity index is 1620. The molecule has 9 heteroatoms. The van der Waals surface area contributed by atoms with Gasteiger partial charge in [-0.3, -0.25) is 14.4 Å². The molecule has 0 atom stereocenters. The van der Waals surface area contributed by atoms with Gasteiger partial charge in [-0.25, -0.2) is 0 Å². The van der Waals surface area contributed by atoms with Crippen LogP contribution in [-0.4, -0.2) is 35.7 Å². The van der Waals surface area contributed by atoms with E-state index in [0.717, 1.165) is 21.7 Å². The number of carbonyl (C=O) groups is 3. The predicted molar refractivity (Wildman–Crippen MR) is 167 cm³/mol. The molecule has 0 aliphatic carbocycles. The highest BCUT2D eigenvalue weighted by Crippen LogP contribution is 2.27. The molecule has 0 bridgehead atoms. The Morgan fingerprint density at radius 1 is 0.857 bits per heavy atom. The first kappa shape index (κ1) is 30.0. The van der Waals surface area contributed by atoms with Crippen LogP contribution in [0.4, 0.5) is 11.4 Å². The van der Waals surface area contributed by atoms with Crippen molar-refractivity contribution in [3.8, 4) is 11.5 Å². The van der Waals surface area contributed by atoms with Crippen molar-refractivity contribution in [1.29, 1.82) is 0 Å². The van der Waals surface area contributed by atoms with Crippen LogP contribution in [0.3, 0.4) is 0 Å². The summed E-state index contributed by atoms with van der Waals surface area (Å²) in [5.41, 5.74) is 4.11. The van der Waals surface area contributed by atoms with Gasteiger partial charge in [0.2, 0.25) is 5.91 Å². The van der Waals surface area contributed by atoms with Crippen molar-refractivity contribution in [2.45, 2.75) is 18.7 Å². The van der Waals surface area contributed by atoms with Crippen molar-refractivity contribution in [1.82, 2.24) is 5.32 Å². The summed E-state index contributed by atoms with van der Waals surface area (Å²) in [4.78, 5) is 39.8. The van der Waals surface area contributed by atoms with Crippen molar-refractivity contribution >= 4 is 46.9 Å². The average Bonchev–Trinajstić information content (AvgIpc) is 2.99. The molecule has 4 N–H and O–H groups in total. The molecular weight excluding hydrogens is 550 g/mol. The number of hydrogen-bond acceptors (Lipinski definition) is 6. The van der Waals surface area contributed by atoms with Crippen molar-refractivity contribution in [3.05, 3.63) is 119 Å². The number of ether oxygens (including phenoxy) is 1. The predicted octanol–water partition coefficient (Wildman–Crippen LogP) is 6.16. The van der Waals surface area contributed by atoms with Crippen LogP contribution in [0.25, 0.3) is 6.08 Å². The fourth-order valence-electron chi connectivity index (χ4n) is 4.12. The number of rotatable bonds is 10. The summed E-state index contributed by atoms with van der Waals surface area (Å²) in [5, 5.41) is 18.3. The highest BCUT2D eigenvalue weighted by molar-refractivity contribution is 8.00. The number of nitrogens with one attached hydrogen (secondary N) is 3. The minimum atomic E-state index is -0.565. The van der Waals surface area contributed by atoms with Crippen LogP contribution in [0.2, 0.25) is 0 Å². The van der Waals surface area contributed by atoms with Gasteiger partial charge in [-0.1, -0.05) is 42.5 Å². The van der Waals surface area contributed by atoms with Crippen molar-refractivity contribution in [3.63, 3.8) is 0 Å². The molecule has 0 fully saturated rings. The van der Waals surface area contributed by atoms with Gasteiger partial charge in [0, 0.05) is 33.5 Å². The molecule has 0 aromatic heterocycles. The molecule has 3 amide bonds.